The maximum atomic E-state index is 13.5. The molecule has 0 unspecified atom stereocenters. The smallest absolute Gasteiger partial charge is 0.276 e. The average molecular weight is 321 g/mol. The van der Waals surface area contributed by atoms with E-state index in [-0.39, 0.29) is 30.4 Å². The van der Waals surface area contributed by atoms with Gasteiger partial charge in [0.25, 0.3) is 5.91 Å². The highest BCUT2D eigenvalue weighted by Crippen LogP contribution is 2.22. The average Bonchev–Trinajstić information content (AvgIpc) is 2.88. The maximum Gasteiger partial charge on any atom is 0.276 e. The van der Waals surface area contributed by atoms with Crippen molar-refractivity contribution in [2.75, 3.05) is 18.4 Å². The van der Waals surface area contributed by atoms with Crippen molar-refractivity contribution in [3.05, 3.63) is 47.4 Å². The molecule has 0 spiro atoms. The van der Waals surface area contributed by atoms with Gasteiger partial charge < -0.3 is 14.7 Å². The fourth-order valence-electron chi connectivity index (χ4n) is 2.27. The highest BCUT2D eigenvalue weighted by Gasteiger charge is 2.37. The SMILES string of the molecule is Cc1cc(C(=O)N2CC(C(=O)Nc3cc(F)ccc3F)C2)no1. The van der Waals surface area contributed by atoms with Gasteiger partial charge in [-0.05, 0) is 19.1 Å². The zero-order valence-electron chi connectivity index (χ0n) is 12.2. The monoisotopic (exact) mass is 321 g/mol. The van der Waals surface area contributed by atoms with Crippen molar-refractivity contribution in [2.24, 2.45) is 5.92 Å². The first kappa shape index (κ1) is 15.1. The van der Waals surface area contributed by atoms with Gasteiger partial charge in [-0.25, -0.2) is 8.78 Å². The van der Waals surface area contributed by atoms with Crippen molar-refractivity contribution >= 4 is 17.5 Å². The number of hydrogen-bond acceptors (Lipinski definition) is 4. The lowest BCUT2D eigenvalue weighted by molar-refractivity contribution is -0.123. The number of anilines is 1. The summed E-state index contributed by atoms with van der Waals surface area (Å²) in [5.41, 5.74) is -0.0376. The van der Waals surface area contributed by atoms with Gasteiger partial charge in [-0.1, -0.05) is 5.16 Å². The molecule has 1 aromatic heterocycles. The Morgan fingerprint density at radius 1 is 1.30 bits per heavy atom. The Labute approximate surface area is 130 Å². The molecule has 23 heavy (non-hydrogen) atoms. The Morgan fingerprint density at radius 2 is 2.04 bits per heavy atom. The lowest BCUT2D eigenvalue weighted by Crippen LogP contribution is -2.54. The Hall–Kier alpha value is -2.77. The minimum Gasteiger partial charge on any atom is -0.361 e. The summed E-state index contributed by atoms with van der Waals surface area (Å²) in [6.45, 7) is 2.05. The summed E-state index contributed by atoms with van der Waals surface area (Å²) in [4.78, 5) is 25.5. The summed E-state index contributed by atoms with van der Waals surface area (Å²) in [6, 6.07) is 4.33. The zero-order valence-corrected chi connectivity index (χ0v) is 12.2. The molecule has 1 N–H and O–H groups in total. The molecule has 2 heterocycles. The summed E-state index contributed by atoms with van der Waals surface area (Å²) >= 11 is 0. The van der Waals surface area contributed by atoms with Crippen LogP contribution >= 0.6 is 0 Å². The minimum atomic E-state index is -0.718. The molecule has 2 aromatic rings. The maximum absolute atomic E-state index is 13.5. The Balaban J connectivity index is 1.57. The van der Waals surface area contributed by atoms with Crippen molar-refractivity contribution in [3.63, 3.8) is 0 Å². The summed E-state index contributed by atoms with van der Waals surface area (Å²) in [5, 5.41) is 5.95. The molecule has 0 radical (unpaired) electrons. The number of halogens is 2. The third-order valence-corrected chi connectivity index (χ3v) is 3.57. The van der Waals surface area contributed by atoms with Crippen LogP contribution in [0.3, 0.4) is 0 Å². The molecule has 1 aliphatic rings. The van der Waals surface area contributed by atoms with Gasteiger partial charge in [0.15, 0.2) is 5.69 Å². The summed E-state index contributed by atoms with van der Waals surface area (Å²) in [7, 11) is 0. The molecule has 0 aliphatic carbocycles. The number of carbonyl (C=O) groups is 2. The van der Waals surface area contributed by atoms with Gasteiger partial charge in [0, 0.05) is 25.2 Å². The van der Waals surface area contributed by atoms with E-state index in [1.807, 2.05) is 0 Å². The molecule has 3 rings (SSSR count). The van der Waals surface area contributed by atoms with E-state index >= 15 is 0 Å². The number of hydrogen-bond donors (Lipinski definition) is 1. The summed E-state index contributed by atoms with van der Waals surface area (Å²) < 4.78 is 31.4. The van der Waals surface area contributed by atoms with Crippen molar-refractivity contribution in [3.8, 4) is 0 Å². The number of benzene rings is 1. The number of nitrogens with zero attached hydrogens (tertiary/aromatic N) is 2. The van der Waals surface area contributed by atoms with Crippen LogP contribution in [0.25, 0.3) is 0 Å². The number of amides is 2. The first-order chi connectivity index (χ1) is 10.9. The van der Waals surface area contributed by atoms with E-state index in [2.05, 4.69) is 10.5 Å². The van der Waals surface area contributed by atoms with Crippen LogP contribution in [0.4, 0.5) is 14.5 Å². The van der Waals surface area contributed by atoms with E-state index in [0.29, 0.717) is 5.76 Å². The van der Waals surface area contributed by atoms with E-state index in [0.717, 1.165) is 18.2 Å². The first-order valence-electron chi connectivity index (χ1n) is 6.92. The topological polar surface area (TPSA) is 75.4 Å². The van der Waals surface area contributed by atoms with Crippen molar-refractivity contribution in [1.29, 1.82) is 0 Å². The molecule has 1 saturated heterocycles. The molecule has 6 nitrogen and oxygen atoms in total. The van der Waals surface area contributed by atoms with Gasteiger partial charge in [0.05, 0.1) is 11.6 Å². The number of nitrogens with one attached hydrogen (secondary N) is 1. The highest BCUT2D eigenvalue weighted by molar-refractivity contribution is 5.97. The van der Waals surface area contributed by atoms with Crippen molar-refractivity contribution < 1.29 is 22.9 Å². The molecule has 120 valence electrons. The fourth-order valence-corrected chi connectivity index (χ4v) is 2.27. The van der Waals surface area contributed by atoms with Crippen molar-refractivity contribution in [2.45, 2.75) is 6.92 Å². The van der Waals surface area contributed by atoms with Crippen LogP contribution < -0.4 is 5.32 Å². The van der Waals surface area contributed by atoms with Gasteiger partial charge in [0.1, 0.15) is 17.4 Å². The van der Waals surface area contributed by atoms with Crippen LogP contribution in [0, 0.1) is 24.5 Å². The predicted molar refractivity (Wildman–Crippen MR) is 75.6 cm³/mol. The number of aromatic nitrogens is 1. The van der Waals surface area contributed by atoms with Gasteiger partial charge in [-0.3, -0.25) is 9.59 Å². The van der Waals surface area contributed by atoms with Crippen LogP contribution in [0.1, 0.15) is 16.2 Å². The molecule has 2 amide bonds. The molecule has 1 aliphatic heterocycles. The first-order valence-corrected chi connectivity index (χ1v) is 6.92. The predicted octanol–water partition coefficient (Wildman–Crippen LogP) is 1.97. The molecule has 1 fully saturated rings. The molecular formula is C15H13F2N3O3. The number of aryl methyl sites for hydroxylation is 1. The lowest BCUT2D eigenvalue weighted by Gasteiger charge is -2.37. The van der Waals surface area contributed by atoms with E-state index < -0.39 is 23.5 Å². The second-order valence-corrected chi connectivity index (χ2v) is 5.34. The third kappa shape index (κ3) is 3.05. The van der Waals surface area contributed by atoms with E-state index in [9.17, 15) is 18.4 Å². The normalized spacial score (nSPS) is 14.5. The summed E-state index contributed by atoms with van der Waals surface area (Å²) in [5.74, 6) is -2.12. The fraction of sp³-hybridized carbons (Fsp3) is 0.267. The standard InChI is InChI=1S/C15H13F2N3O3/c1-8-4-13(19-23-8)15(22)20-6-9(7-20)14(21)18-12-5-10(16)2-3-11(12)17/h2-5,9H,6-7H2,1H3,(H,18,21). The van der Waals surface area contributed by atoms with Gasteiger partial charge in [0.2, 0.25) is 5.91 Å². The van der Waals surface area contributed by atoms with E-state index in [4.69, 9.17) is 4.52 Å². The number of likely N-dealkylation sites (tertiary alicyclic amines) is 1. The minimum absolute atomic E-state index is 0.178. The third-order valence-electron chi connectivity index (χ3n) is 3.57. The summed E-state index contributed by atoms with van der Waals surface area (Å²) in [6.07, 6.45) is 0. The van der Waals surface area contributed by atoms with Gasteiger partial charge >= 0.3 is 0 Å². The van der Waals surface area contributed by atoms with Crippen LogP contribution in [0.15, 0.2) is 28.8 Å². The molecule has 0 saturated carbocycles. The largest absolute Gasteiger partial charge is 0.361 e. The second kappa shape index (κ2) is 5.79. The van der Waals surface area contributed by atoms with Crippen LogP contribution in [-0.4, -0.2) is 35.0 Å². The van der Waals surface area contributed by atoms with Gasteiger partial charge in [-0.2, -0.15) is 0 Å². The lowest BCUT2D eigenvalue weighted by atomic mass is 9.98. The molecule has 0 bridgehead atoms. The molecule has 1 aromatic carbocycles. The van der Waals surface area contributed by atoms with Crippen LogP contribution in [-0.2, 0) is 4.79 Å². The molecule has 0 atom stereocenters. The Kier molecular flexibility index (Phi) is 3.81. The van der Waals surface area contributed by atoms with E-state index in [1.165, 1.54) is 11.0 Å². The highest BCUT2D eigenvalue weighted by atomic mass is 19.1. The Morgan fingerprint density at radius 3 is 2.70 bits per heavy atom. The molecular weight excluding hydrogens is 308 g/mol. The zero-order chi connectivity index (χ0) is 16.6. The van der Waals surface area contributed by atoms with Gasteiger partial charge in [-0.15, -0.1) is 0 Å². The van der Waals surface area contributed by atoms with Crippen LogP contribution in [0.2, 0.25) is 0 Å². The quantitative estimate of drug-likeness (QED) is 0.938. The van der Waals surface area contributed by atoms with E-state index in [1.54, 1.807) is 6.92 Å². The second-order valence-electron chi connectivity index (χ2n) is 5.34. The number of rotatable bonds is 3. The number of carbonyl (C=O) groups excluding carboxylic acids is 2. The Bertz CT molecular complexity index is 769. The van der Waals surface area contributed by atoms with Crippen molar-refractivity contribution in [1.82, 2.24) is 10.1 Å². The molecule has 8 heteroatoms. The van der Waals surface area contributed by atoms with Crippen LogP contribution in [0.5, 0.6) is 0 Å².